The van der Waals surface area contributed by atoms with E-state index < -0.39 is 5.54 Å². The van der Waals surface area contributed by atoms with Crippen LogP contribution in [-0.4, -0.2) is 40.6 Å². The van der Waals surface area contributed by atoms with Crippen LogP contribution in [0.3, 0.4) is 0 Å². The molecule has 0 aromatic carbocycles. The van der Waals surface area contributed by atoms with E-state index in [1.165, 1.54) is 57.8 Å². The Labute approximate surface area is 151 Å². The monoisotopic (exact) mass is 346 g/mol. The summed E-state index contributed by atoms with van der Waals surface area (Å²) < 4.78 is 0. The SMILES string of the molecule is NC(=O)[C@@]1(C2C3CC4CC(C3)CC2C4)C[C@@H](O)CN1CC1CCCC1. The highest BCUT2D eigenvalue weighted by Crippen LogP contribution is 2.61. The lowest BCUT2D eigenvalue weighted by molar-refractivity contribution is -0.149. The molecule has 0 spiro atoms. The number of hydrogen-bond donors (Lipinski definition) is 2. The number of rotatable bonds is 4. The molecule has 3 N–H and O–H groups in total. The average molecular weight is 347 g/mol. The Morgan fingerprint density at radius 1 is 1.04 bits per heavy atom. The van der Waals surface area contributed by atoms with Gasteiger partial charge in [0, 0.05) is 19.5 Å². The van der Waals surface area contributed by atoms with Crippen molar-refractivity contribution in [2.75, 3.05) is 13.1 Å². The molecule has 4 nitrogen and oxygen atoms in total. The molecule has 6 fully saturated rings. The number of primary amides is 1. The topological polar surface area (TPSA) is 66.6 Å². The van der Waals surface area contributed by atoms with E-state index in [0.29, 0.717) is 36.6 Å². The quantitative estimate of drug-likeness (QED) is 0.822. The molecule has 1 amide bonds. The van der Waals surface area contributed by atoms with Gasteiger partial charge in [0.25, 0.3) is 0 Å². The zero-order valence-electron chi connectivity index (χ0n) is 15.4. The Kier molecular flexibility index (Phi) is 3.94. The molecule has 1 aliphatic heterocycles. The van der Waals surface area contributed by atoms with Crippen molar-refractivity contribution in [2.24, 2.45) is 41.2 Å². The second kappa shape index (κ2) is 5.95. The summed E-state index contributed by atoms with van der Waals surface area (Å²) in [5, 5.41) is 10.6. The van der Waals surface area contributed by atoms with Crippen LogP contribution in [0.5, 0.6) is 0 Å². The van der Waals surface area contributed by atoms with Crippen LogP contribution in [0.1, 0.15) is 64.2 Å². The third-order valence-corrected chi connectivity index (χ3v) is 8.70. The maximum Gasteiger partial charge on any atom is 0.238 e. The lowest BCUT2D eigenvalue weighted by atomic mass is 9.47. The highest BCUT2D eigenvalue weighted by molar-refractivity contribution is 5.86. The minimum absolute atomic E-state index is 0.139. The van der Waals surface area contributed by atoms with Gasteiger partial charge in [-0.05, 0) is 80.5 Å². The fraction of sp³-hybridized carbons (Fsp3) is 0.952. The van der Waals surface area contributed by atoms with Crippen LogP contribution in [0.25, 0.3) is 0 Å². The number of carbonyl (C=O) groups excluding carboxylic acids is 1. The summed E-state index contributed by atoms with van der Waals surface area (Å²) in [4.78, 5) is 15.3. The van der Waals surface area contributed by atoms with Gasteiger partial charge in [0.05, 0.1) is 6.10 Å². The Morgan fingerprint density at radius 3 is 2.20 bits per heavy atom. The van der Waals surface area contributed by atoms with E-state index in [0.717, 1.165) is 18.4 Å². The largest absolute Gasteiger partial charge is 0.392 e. The number of likely N-dealkylation sites (tertiary alicyclic amines) is 1. The van der Waals surface area contributed by atoms with Crippen LogP contribution in [0.2, 0.25) is 0 Å². The first kappa shape index (κ1) is 16.6. The van der Waals surface area contributed by atoms with Crippen LogP contribution >= 0.6 is 0 Å². The lowest BCUT2D eigenvalue weighted by Gasteiger charge is -2.60. The summed E-state index contributed by atoms with van der Waals surface area (Å²) >= 11 is 0. The van der Waals surface area contributed by atoms with Gasteiger partial charge in [-0.2, -0.15) is 0 Å². The van der Waals surface area contributed by atoms with Crippen molar-refractivity contribution >= 4 is 5.91 Å². The van der Waals surface area contributed by atoms with E-state index >= 15 is 0 Å². The number of nitrogens with two attached hydrogens (primary N) is 1. The smallest absolute Gasteiger partial charge is 0.238 e. The van der Waals surface area contributed by atoms with Crippen molar-refractivity contribution in [3.8, 4) is 0 Å². The maximum atomic E-state index is 12.9. The normalized spacial score (nSPS) is 50.0. The van der Waals surface area contributed by atoms with Gasteiger partial charge in [0.15, 0.2) is 0 Å². The van der Waals surface area contributed by atoms with Crippen molar-refractivity contribution in [1.29, 1.82) is 0 Å². The van der Waals surface area contributed by atoms with Crippen LogP contribution in [-0.2, 0) is 4.79 Å². The van der Waals surface area contributed by atoms with E-state index in [9.17, 15) is 9.90 Å². The highest BCUT2D eigenvalue weighted by Gasteiger charge is 2.62. The third-order valence-electron chi connectivity index (χ3n) is 8.70. The number of aliphatic hydroxyl groups is 1. The molecule has 5 saturated carbocycles. The predicted molar refractivity (Wildman–Crippen MR) is 96.6 cm³/mol. The molecule has 4 heteroatoms. The number of aliphatic hydroxyl groups excluding tert-OH is 1. The van der Waals surface area contributed by atoms with Gasteiger partial charge in [-0.1, -0.05) is 12.8 Å². The Hall–Kier alpha value is -0.610. The van der Waals surface area contributed by atoms with Gasteiger partial charge in [0.1, 0.15) is 5.54 Å². The first-order valence-electron chi connectivity index (χ1n) is 10.8. The summed E-state index contributed by atoms with van der Waals surface area (Å²) in [5.74, 6) is 4.09. The summed E-state index contributed by atoms with van der Waals surface area (Å²) in [6, 6.07) is 0. The number of nitrogens with zero attached hydrogens (tertiary/aromatic N) is 1. The Morgan fingerprint density at radius 2 is 1.64 bits per heavy atom. The zero-order valence-corrected chi connectivity index (χ0v) is 15.4. The number of hydrogen-bond acceptors (Lipinski definition) is 3. The minimum Gasteiger partial charge on any atom is -0.392 e. The van der Waals surface area contributed by atoms with Gasteiger partial charge in [-0.25, -0.2) is 0 Å². The van der Waals surface area contributed by atoms with E-state index in [4.69, 9.17) is 5.73 Å². The summed E-state index contributed by atoms with van der Waals surface area (Å²) in [6.07, 6.45) is 12.1. The second-order valence-electron chi connectivity index (χ2n) is 10.2. The Balaban J connectivity index is 1.48. The second-order valence-corrected chi connectivity index (χ2v) is 10.2. The maximum absolute atomic E-state index is 12.9. The number of β-amino-alcohol motifs (C(OH)–C–C–N with tert-alkyl or cyclic N) is 1. The Bertz CT molecular complexity index is 516. The highest BCUT2D eigenvalue weighted by atomic mass is 16.3. The molecule has 0 aromatic rings. The molecule has 0 unspecified atom stereocenters. The predicted octanol–water partition coefficient (Wildman–Crippen LogP) is 2.54. The molecule has 1 heterocycles. The van der Waals surface area contributed by atoms with Gasteiger partial charge in [0.2, 0.25) is 5.91 Å². The van der Waals surface area contributed by atoms with Gasteiger partial charge < -0.3 is 10.8 Å². The fourth-order valence-electron chi connectivity index (χ4n) is 8.18. The minimum atomic E-state index is -0.565. The lowest BCUT2D eigenvalue weighted by Crippen LogP contribution is -2.65. The molecule has 25 heavy (non-hydrogen) atoms. The van der Waals surface area contributed by atoms with E-state index in [2.05, 4.69) is 4.90 Å². The van der Waals surface area contributed by atoms with Gasteiger partial charge in [-0.15, -0.1) is 0 Å². The molecular formula is C21H34N2O2. The first-order chi connectivity index (χ1) is 12.1. The summed E-state index contributed by atoms with van der Waals surface area (Å²) in [6.45, 7) is 1.63. The molecular weight excluding hydrogens is 312 g/mol. The van der Waals surface area contributed by atoms with E-state index in [1.54, 1.807) is 0 Å². The summed E-state index contributed by atoms with van der Waals surface area (Å²) in [7, 11) is 0. The first-order valence-corrected chi connectivity index (χ1v) is 10.8. The van der Waals surface area contributed by atoms with Crippen molar-refractivity contribution in [3.63, 3.8) is 0 Å². The van der Waals surface area contributed by atoms with Crippen LogP contribution < -0.4 is 5.73 Å². The van der Waals surface area contributed by atoms with Crippen LogP contribution in [0, 0.1) is 35.5 Å². The van der Waals surface area contributed by atoms with Gasteiger partial charge in [-0.3, -0.25) is 9.69 Å². The van der Waals surface area contributed by atoms with E-state index in [1.807, 2.05) is 0 Å². The number of carbonyl (C=O) groups is 1. The molecule has 1 saturated heterocycles. The van der Waals surface area contributed by atoms with Crippen molar-refractivity contribution in [1.82, 2.24) is 4.90 Å². The molecule has 6 aliphatic rings. The molecule has 4 bridgehead atoms. The average Bonchev–Trinajstić information content (AvgIpc) is 3.15. The zero-order chi connectivity index (χ0) is 17.2. The molecule has 5 aliphatic carbocycles. The molecule has 140 valence electrons. The molecule has 2 atom stereocenters. The molecule has 0 radical (unpaired) electrons. The van der Waals surface area contributed by atoms with Crippen molar-refractivity contribution in [3.05, 3.63) is 0 Å². The van der Waals surface area contributed by atoms with Crippen molar-refractivity contribution in [2.45, 2.75) is 75.9 Å². The van der Waals surface area contributed by atoms with Crippen LogP contribution in [0.4, 0.5) is 0 Å². The van der Waals surface area contributed by atoms with Gasteiger partial charge >= 0.3 is 0 Å². The molecule has 0 aromatic heterocycles. The number of amides is 1. The standard InChI is InChI=1S/C21H34N2O2/c22-20(25)21(10-18(24)12-23(21)11-13-3-1-2-4-13)19-16-6-14-5-15(8-16)9-17(19)7-14/h13-19,24H,1-12H2,(H2,22,25)/t14?,15?,16?,17?,18-,19?,21+/m1/s1. The van der Waals surface area contributed by atoms with Crippen LogP contribution in [0.15, 0.2) is 0 Å². The van der Waals surface area contributed by atoms with E-state index in [-0.39, 0.29) is 12.0 Å². The summed E-state index contributed by atoms with van der Waals surface area (Å²) in [5.41, 5.74) is 5.58. The fourth-order valence-corrected chi connectivity index (χ4v) is 8.18. The molecule has 6 rings (SSSR count). The van der Waals surface area contributed by atoms with Crippen molar-refractivity contribution < 1.29 is 9.90 Å². The third kappa shape index (κ3) is 2.50.